The molecule has 0 aliphatic heterocycles. The predicted molar refractivity (Wildman–Crippen MR) is 97.3 cm³/mol. The van der Waals surface area contributed by atoms with Crippen molar-refractivity contribution in [3.8, 4) is 11.8 Å². The minimum Gasteiger partial charge on any atom is -0.444 e. The van der Waals surface area contributed by atoms with Crippen molar-refractivity contribution in [2.24, 2.45) is 0 Å². The zero-order valence-corrected chi connectivity index (χ0v) is 14.2. The second-order valence-corrected chi connectivity index (χ2v) is 6.19. The zero-order valence-electron chi connectivity index (χ0n) is 14.2. The largest absolute Gasteiger partial charge is 0.444 e. The number of benzene rings is 2. The molecule has 0 aromatic heterocycles. The first-order valence-electron chi connectivity index (χ1n) is 7.81. The summed E-state index contributed by atoms with van der Waals surface area (Å²) in [7, 11) is 0. The SMILES string of the molecule is CC(C)(C)OC(=O)NCC#Cc1ccccc1Nc1ccccc1. The van der Waals surface area contributed by atoms with Crippen LogP contribution in [-0.4, -0.2) is 18.2 Å². The van der Waals surface area contributed by atoms with Crippen LogP contribution in [-0.2, 0) is 4.74 Å². The van der Waals surface area contributed by atoms with Crippen molar-refractivity contribution in [2.75, 3.05) is 11.9 Å². The number of anilines is 2. The number of amides is 1. The van der Waals surface area contributed by atoms with Crippen molar-refractivity contribution < 1.29 is 9.53 Å². The van der Waals surface area contributed by atoms with Gasteiger partial charge in [-0.3, -0.25) is 0 Å². The fourth-order valence-corrected chi connectivity index (χ4v) is 1.95. The van der Waals surface area contributed by atoms with Gasteiger partial charge in [0.25, 0.3) is 0 Å². The van der Waals surface area contributed by atoms with E-state index in [9.17, 15) is 4.79 Å². The van der Waals surface area contributed by atoms with E-state index >= 15 is 0 Å². The van der Waals surface area contributed by atoms with Gasteiger partial charge in [0.1, 0.15) is 5.60 Å². The molecule has 0 bridgehead atoms. The van der Waals surface area contributed by atoms with Gasteiger partial charge in [-0.2, -0.15) is 0 Å². The van der Waals surface area contributed by atoms with Gasteiger partial charge in [-0.15, -0.1) is 0 Å². The molecule has 0 fully saturated rings. The summed E-state index contributed by atoms with van der Waals surface area (Å²) in [6.07, 6.45) is -0.465. The van der Waals surface area contributed by atoms with E-state index in [-0.39, 0.29) is 6.54 Å². The molecule has 0 saturated heterocycles. The molecule has 1 amide bonds. The van der Waals surface area contributed by atoms with Crippen molar-refractivity contribution in [3.63, 3.8) is 0 Å². The molecule has 0 saturated carbocycles. The minimum atomic E-state index is -0.510. The lowest BCUT2D eigenvalue weighted by molar-refractivity contribution is 0.0535. The van der Waals surface area contributed by atoms with Crippen LogP contribution < -0.4 is 10.6 Å². The summed E-state index contributed by atoms with van der Waals surface area (Å²) >= 11 is 0. The molecule has 124 valence electrons. The second-order valence-electron chi connectivity index (χ2n) is 6.19. The summed E-state index contributed by atoms with van der Waals surface area (Å²) in [4.78, 5) is 11.6. The normalized spacial score (nSPS) is 10.3. The fraction of sp³-hybridized carbons (Fsp3) is 0.250. The Balaban J connectivity index is 1.97. The van der Waals surface area contributed by atoms with Crippen molar-refractivity contribution >= 4 is 17.5 Å². The molecule has 2 aromatic rings. The third kappa shape index (κ3) is 6.05. The van der Waals surface area contributed by atoms with Crippen LogP contribution >= 0.6 is 0 Å². The summed E-state index contributed by atoms with van der Waals surface area (Å²) in [5.74, 6) is 6.01. The van der Waals surface area contributed by atoms with Crippen LogP contribution in [0.2, 0.25) is 0 Å². The van der Waals surface area contributed by atoms with Gasteiger partial charge in [-0.1, -0.05) is 42.2 Å². The average molecular weight is 322 g/mol. The minimum absolute atomic E-state index is 0.231. The lowest BCUT2D eigenvalue weighted by atomic mass is 10.1. The molecule has 2 aromatic carbocycles. The van der Waals surface area contributed by atoms with Gasteiger partial charge >= 0.3 is 6.09 Å². The molecule has 0 spiro atoms. The Hall–Kier alpha value is -2.93. The number of alkyl carbamates (subject to hydrolysis) is 1. The maximum absolute atomic E-state index is 11.6. The van der Waals surface area contributed by atoms with Gasteiger partial charge in [-0.05, 0) is 45.0 Å². The van der Waals surface area contributed by atoms with E-state index in [0.717, 1.165) is 16.9 Å². The van der Waals surface area contributed by atoms with Crippen molar-refractivity contribution in [1.82, 2.24) is 5.32 Å². The number of carbonyl (C=O) groups excluding carboxylic acids is 1. The first-order valence-corrected chi connectivity index (χ1v) is 7.81. The van der Waals surface area contributed by atoms with Crippen molar-refractivity contribution in [1.29, 1.82) is 0 Å². The zero-order chi connectivity index (χ0) is 17.4. The van der Waals surface area contributed by atoms with Crippen LogP contribution in [0.5, 0.6) is 0 Å². The molecule has 2 rings (SSSR count). The molecule has 4 nitrogen and oxygen atoms in total. The maximum atomic E-state index is 11.6. The summed E-state index contributed by atoms with van der Waals surface area (Å²) in [6.45, 7) is 5.70. The first kappa shape index (κ1) is 17.4. The smallest absolute Gasteiger partial charge is 0.408 e. The Morgan fingerprint density at radius 3 is 2.42 bits per heavy atom. The molecule has 0 radical (unpaired) electrons. The molecule has 2 N–H and O–H groups in total. The number of carbonyl (C=O) groups is 1. The molecular formula is C20H22N2O2. The number of para-hydroxylation sites is 2. The lowest BCUT2D eigenvalue weighted by Gasteiger charge is -2.19. The second kappa shape index (κ2) is 8.07. The first-order chi connectivity index (χ1) is 11.4. The van der Waals surface area contributed by atoms with Gasteiger partial charge in [-0.25, -0.2) is 4.79 Å². The highest BCUT2D eigenvalue weighted by atomic mass is 16.6. The van der Waals surface area contributed by atoms with E-state index < -0.39 is 11.7 Å². The molecule has 4 heteroatoms. The monoisotopic (exact) mass is 322 g/mol. The van der Waals surface area contributed by atoms with Gasteiger partial charge < -0.3 is 15.4 Å². The Morgan fingerprint density at radius 1 is 1.04 bits per heavy atom. The topological polar surface area (TPSA) is 50.4 Å². The van der Waals surface area contributed by atoms with E-state index in [0.29, 0.717) is 0 Å². The van der Waals surface area contributed by atoms with Crippen LogP contribution in [0.3, 0.4) is 0 Å². The van der Waals surface area contributed by atoms with Gasteiger partial charge in [0.2, 0.25) is 0 Å². The highest BCUT2D eigenvalue weighted by Gasteiger charge is 2.14. The Bertz CT molecular complexity index is 737. The standard InChI is InChI=1S/C20H22N2O2/c1-20(2,3)24-19(23)21-15-9-11-16-10-7-8-14-18(16)22-17-12-5-4-6-13-17/h4-8,10,12-14,22H,15H2,1-3H3,(H,21,23). The summed E-state index contributed by atoms with van der Waals surface area (Å²) in [5, 5.41) is 5.96. The van der Waals surface area contributed by atoms with Crippen LogP contribution in [0.4, 0.5) is 16.2 Å². The number of hydrogen-bond acceptors (Lipinski definition) is 3. The van der Waals surface area contributed by atoms with E-state index in [1.54, 1.807) is 0 Å². The highest BCUT2D eigenvalue weighted by molar-refractivity contribution is 5.69. The van der Waals surface area contributed by atoms with Crippen molar-refractivity contribution in [2.45, 2.75) is 26.4 Å². The molecule has 0 heterocycles. The third-order valence-electron chi connectivity index (χ3n) is 2.92. The van der Waals surface area contributed by atoms with Crippen LogP contribution in [0.1, 0.15) is 26.3 Å². The number of ether oxygens (including phenoxy) is 1. The third-order valence-corrected chi connectivity index (χ3v) is 2.92. The van der Waals surface area contributed by atoms with E-state index in [1.807, 2.05) is 75.4 Å². The predicted octanol–water partition coefficient (Wildman–Crippen LogP) is 4.31. The summed E-state index contributed by atoms with van der Waals surface area (Å²) < 4.78 is 5.16. The molecule has 0 unspecified atom stereocenters. The summed E-state index contributed by atoms with van der Waals surface area (Å²) in [5.41, 5.74) is 2.28. The number of rotatable bonds is 3. The van der Waals surface area contributed by atoms with E-state index in [1.165, 1.54) is 0 Å². The molecule has 0 aliphatic rings. The Morgan fingerprint density at radius 2 is 1.71 bits per heavy atom. The maximum Gasteiger partial charge on any atom is 0.408 e. The highest BCUT2D eigenvalue weighted by Crippen LogP contribution is 2.19. The van der Waals surface area contributed by atoms with Crippen LogP contribution in [0.15, 0.2) is 54.6 Å². The summed E-state index contributed by atoms with van der Waals surface area (Å²) in [6, 6.07) is 17.7. The van der Waals surface area contributed by atoms with E-state index in [2.05, 4.69) is 22.5 Å². The van der Waals surface area contributed by atoms with Gasteiger partial charge in [0, 0.05) is 11.3 Å². The lowest BCUT2D eigenvalue weighted by Crippen LogP contribution is -2.32. The van der Waals surface area contributed by atoms with Gasteiger partial charge in [0.05, 0.1) is 12.2 Å². The van der Waals surface area contributed by atoms with Gasteiger partial charge in [0.15, 0.2) is 0 Å². The molecule has 0 atom stereocenters. The molecular weight excluding hydrogens is 300 g/mol. The average Bonchev–Trinajstić information content (AvgIpc) is 2.52. The van der Waals surface area contributed by atoms with Crippen LogP contribution in [0.25, 0.3) is 0 Å². The fourth-order valence-electron chi connectivity index (χ4n) is 1.95. The van der Waals surface area contributed by atoms with E-state index in [4.69, 9.17) is 4.74 Å². The van der Waals surface area contributed by atoms with Crippen LogP contribution in [0, 0.1) is 11.8 Å². The quantitative estimate of drug-likeness (QED) is 0.828. The molecule has 0 aliphatic carbocycles. The molecule has 24 heavy (non-hydrogen) atoms. The Labute approximate surface area is 143 Å². The Kier molecular flexibility index (Phi) is 5.86. The van der Waals surface area contributed by atoms with Crippen molar-refractivity contribution in [3.05, 3.63) is 60.2 Å². The number of hydrogen-bond donors (Lipinski definition) is 2. The number of nitrogens with one attached hydrogen (secondary N) is 2.